The van der Waals surface area contributed by atoms with Gasteiger partial charge in [-0.25, -0.2) is 4.72 Å². The second kappa shape index (κ2) is 4.93. The molecule has 0 saturated heterocycles. The molecule has 5 nitrogen and oxygen atoms in total. The smallest absolute Gasteiger partial charge is 0.272 e. The van der Waals surface area contributed by atoms with Crippen LogP contribution in [-0.4, -0.2) is 42.7 Å². The zero-order valence-electron chi connectivity index (χ0n) is 9.82. The van der Waals surface area contributed by atoms with E-state index in [0.29, 0.717) is 13.1 Å². The predicted octanol–water partition coefficient (Wildman–Crippen LogP) is 0.585. The summed E-state index contributed by atoms with van der Waals surface area (Å²) >= 11 is 1.42. The van der Waals surface area contributed by atoms with Crippen LogP contribution in [0.4, 0.5) is 0 Å². The SMILES string of the molecule is CCN(CC)S(=O)(=O)NC(=O)C1(SC)CC1. The van der Waals surface area contributed by atoms with Crippen LogP contribution in [0.1, 0.15) is 26.7 Å². The molecule has 0 aliphatic heterocycles. The van der Waals surface area contributed by atoms with Crippen LogP contribution in [-0.2, 0) is 15.0 Å². The predicted molar refractivity (Wildman–Crippen MR) is 65.5 cm³/mol. The lowest BCUT2D eigenvalue weighted by Gasteiger charge is -2.20. The van der Waals surface area contributed by atoms with Crippen molar-refractivity contribution in [2.24, 2.45) is 0 Å². The number of rotatable bonds is 6. The summed E-state index contributed by atoms with van der Waals surface area (Å²) in [6.07, 6.45) is 3.35. The molecule has 1 saturated carbocycles. The highest BCUT2D eigenvalue weighted by Crippen LogP contribution is 2.47. The number of nitrogens with one attached hydrogen (secondary N) is 1. The average Bonchev–Trinajstić information content (AvgIpc) is 2.98. The molecule has 1 rings (SSSR count). The maximum Gasteiger partial charge on any atom is 0.303 e. The number of thioether (sulfide) groups is 1. The van der Waals surface area contributed by atoms with Crippen LogP contribution >= 0.6 is 11.8 Å². The number of nitrogens with zero attached hydrogens (tertiary/aromatic N) is 1. The van der Waals surface area contributed by atoms with Crippen molar-refractivity contribution in [3.05, 3.63) is 0 Å². The lowest BCUT2D eigenvalue weighted by molar-refractivity contribution is -0.119. The van der Waals surface area contributed by atoms with Gasteiger partial charge in [-0.15, -0.1) is 11.8 Å². The molecule has 1 aliphatic carbocycles. The van der Waals surface area contributed by atoms with Crippen LogP contribution in [0.15, 0.2) is 0 Å². The van der Waals surface area contributed by atoms with Gasteiger partial charge >= 0.3 is 10.2 Å². The Morgan fingerprint density at radius 3 is 2.19 bits per heavy atom. The van der Waals surface area contributed by atoms with E-state index in [1.165, 1.54) is 16.1 Å². The van der Waals surface area contributed by atoms with Gasteiger partial charge < -0.3 is 0 Å². The first-order valence-corrected chi connectivity index (χ1v) is 7.96. The summed E-state index contributed by atoms with van der Waals surface area (Å²) < 4.78 is 26.4. The lowest BCUT2D eigenvalue weighted by Crippen LogP contribution is -2.46. The van der Waals surface area contributed by atoms with E-state index in [4.69, 9.17) is 0 Å². The van der Waals surface area contributed by atoms with Crippen molar-refractivity contribution in [1.29, 1.82) is 0 Å². The molecule has 1 N–H and O–H groups in total. The highest BCUT2D eigenvalue weighted by atomic mass is 32.2. The summed E-state index contributed by atoms with van der Waals surface area (Å²) in [5, 5.41) is 0. The second-order valence-electron chi connectivity index (χ2n) is 3.72. The third-order valence-electron chi connectivity index (χ3n) is 2.78. The Balaban J connectivity index is 2.70. The Kier molecular flexibility index (Phi) is 4.25. The summed E-state index contributed by atoms with van der Waals surface area (Å²) in [4.78, 5) is 11.8. The topological polar surface area (TPSA) is 66.5 Å². The molecule has 1 fully saturated rings. The first-order valence-electron chi connectivity index (χ1n) is 5.29. The minimum Gasteiger partial charge on any atom is -0.272 e. The standard InChI is InChI=1S/C9H18N2O3S2/c1-4-11(5-2)16(13,14)10-8(12)9(15-3)6-7-9/h4-7H2,1-3H3,(H,10,12). The van der Waals surface area contributed by atoms with E-state index in [9.17, 15) is 13.2 Å². The van der Waals surface area contributed by atoms with Crippen LogP contribution in [0, 0.1) is 0 Å². The van der Waals surface area contributed by atoms with Crippen molar-refractivity contribution in [2.75, 3.05) is 19.3 Å². The number of hydrogen-bond acceptors (Lipinski definition) is 4. The van der Waals surface area contributed by atoms with E-state index in [1.54, 1.807) is 13.8 Å². The molecule has 7 heteroatoms. The summed E-state index contributed by atoms with van der Waals surface area (Å²) in [5.74, 6) is -0.383. The number of carbonyl (C=O) groups excluding carboxylic acids is 1. The Bertz CT molecular complexity index is 359. The number of hydrogen-bond donors (Lipinski definition) is 1. The van der Waals surface area contributed by atoms with Gasteiger partial charge in [0, 0.05) is 13.1 Å². The Labute approximate surface area is 101 Å². The number of amides is 1. The normalized spacial score (nSPS) is 18.5. The molecule has 0 aromatic heterocycles. The summed E-state index contributed by atoms with van der Waals surface area (Å²) in [5.41, 5.74) is 0. The van der Waals surface area contributed by atoms with Gasteiger partial charge in [0.15, 0.2) is 0 Å². The van der Waals surface area contributed by atoms with Gasteiger partial charge in [-0.05, 0) is 19.1 Å². The maximum atomic E-state index is 11.8. The molecular weight excluding hydrogens is 248 g/mol. The Morgan fingerprint density at radius 2 is 1.88 bits per heavy atom. The largest absolute Gasteiger partial charge is 0.303 e. The summed E-state index contributed by atoms with van der Waals surface area (Å²) in [7, 11) is -3.65. The van der Waals surface area contributed by atoms with Crippen LogP contribution in [0.2, 0.25) is 0 Å². The molecule has 0 heterocycles. The van der Waals surface area contributed by atoms with Gasteiger partial charge in [0.05, 0.1) is 4.75 Å². The van der Waals surface area contributed by atoms with Gasteiger partial charge in [-0.2, -0.15) is 12.7 Å². The highest BCUT2D eigenvalue weighted by Gasteiger charge is 2.50. The van der Waals surface area contributed by atoms with Gasteiger partial charge in [0.25, 0.3) is 5.91 Å². The molecule has 0 atom stereocenters. The van der Waals surface area contributed by atoms with Crippen molar-refractivity contribution >= 4 is 27.9 Å². The van der Waals surface area contributed by atoms with Crippen LogP contribution in [0.25, 0.3) is 0 Å². The zero-order valence-corrected chi connectivity index (χ0v) is 11.4. The first-order chi connectivity index (χ1) is 7.41. The molecule has 0 aromatic rings. The molecule has 0 bridgehead atoms. The van der Waals surface area contributed by atoms with E-state index >= 15 is 0 Å². The van der Waals surface area contributed by atoms with E-state index in [0.717, 1.165) is 12.8 Å². The van der Waals surface area contributed by atoms with Gasteiger partial charge in [-0.1, -0.05) is 13.8 Å². The molecule has 16 heavy (non-hydrogen) atoms. The van der Waals surface area contributed by atoms with E-state index in [1.807, 2.05) is 6.26 Å². The minimum absolute atomic E-state index is 0.366. The minimum atomic E-state index is -3.65. The molecule has 0 radical (unpaired) electrons. The summed E-state index contributed by atoms with van der Waals surface area (Å²) in [6.45, 7) is 4.22. The fraction of sp³-hybridized carbons (Fsp3) is 0.889. The molecule has 0 spiro atoms. The van der Waals surface area contributed by atoms with Crippen LogP contribution in [0.3, 0.4) is 0 Å². The second-order valence-corrected chi connectivity index (χ2v) is 6.58. The Morgan fingerprint density at radius 1 is 1.38 bits per heavy atom. The Hall–Kier alpha value is -0.270. The van der Waals surface area contributed by atoms with Crippen molar-refractivity contribution in [1.82, 2.24) is 9.03 Å². The monoisotopic (exact) mass is 266 g/mol. The lowest BCUT2D eigenvalue weighted by atomic mass is 10.4. The summed E-state index contributed by atoms with van der Waals surface area (Å²) in [6, 6.07) is 0. The van der Waals surface area contributed by atoms with E-state index in [2.05, 4.69) is 4.72 Å². The van der Waals surface area contributed by atoms with Gasteiger partial charge in [0.2, 0.25) is 0 Å². The van der Waals surface area contributed by atoms with Gasteiger partial charge in [0.1, 0.15) is 0 Å². The molecule has 0 unspecified atom stereocenters. The zero-order chi connectivity index (χ0) is 12.4. The first kappa shape index (κ1) is 13.8. The molecule has 1 aliphatic rings. The quantitative estimate of drug-likeness (QED) is 0.764. The average molecular weight is 266 g/mol. The third-order valence-corrected chi connectivity index (χ3v) is 5.79. The molecule has 1 amide bonds. The third kappa shape index (κ3) is 2.70. The molecule has 94 valence electrons. The van der Waals surface area contributed by atoms with Crippen LogP contribution in [0.5, 0.6) is 0 Å². The van der Waals surface area contributed by atoms with Crippen molar-refractivity contribution < 1.29 is 13.2 Å². The van der Waals surface area contributed by atoms with Crippen molar-refractivity contribution in [3.8, 4) is 0 Å². The van der Waals surface area contributed by atoms with Gasteiger partial charge in [-0.3, -0.25) is 4.79 Å². The maximum absolute atomic E-state index is 11.8. The van der Waals surface area contributed by atoms with E-state index < -0.39 is 15.0 Å². The highest BCUT2D eigenvalue weighted by molar-refractivity contribution is 8.01. The van der Waals surface area contributed by atoms with Crippen molar-refractivity contribution in [3.63, 3.8) is 0 Å². The number of carbonyl (C=O) groups is 1. The fourth-order valence-corrected chi connectivity index (χ4v) is 3.53. The molecular formula is C9H18N2O3S2. The van der Waals surface area contributed by atoms with E-state index in [-0.39, 0.29) is 5.91 Å². The van der Waals surface area contributed by atoms with Crippen molar-refractivity contribution in [2.45, 2.75) is 31.4 Å². The van der Waals surface area contributed by atoms with Crippen LogP contribution < -0.4 is 4.72 Å². The molecule has 0 aromatic carbocycles. The fourth-order valence-electron chi connectivity index (χ4n) is 1.48.